The zero-order chi connectivity index (χ0) is 20.5. The van der Waals surface area contributed by atoms with Crippen LogP contribution in [-0.4, -0.2) is 15.8 Å². The Kier molecular flexibility index (Phi) is 4.59. The van der Waals surface area contributed by atoms with Crippen molar-refractivity contribution in [2.24, 2.45) is 0 Å². The standard InChI is InChI=1S/C21H17N3O5/c1-12-9-16-18(10-13(12)2)29-21(23-16)15-5-3-14(4-6-15)11-22-20(25)17-7-8-19(28-17)24(26)27/h3-10H,11H2,1-2H3,(H,22,25). The van der Waals surface area contributed by atoms with E-state index in [1.807, 2.05) is 50.2 Å². The molecule has 0 atom stereocenters. The van der Waals surface area contributed by atoms with Crippen LogP contribution in [0.1, 0.15) is 27.2 Å². The van der Waals surface area contributed by atoms with Gasteiger partial charge in [0, 0.05) is 12.1 Å². The summed E-state index contributed by atoms with van der Waals surface area (Å²) < 4.78 is 10.7. The number of nitro groups is 1. The van der Waals surface area contributed by atoms with Crippen LogP contribution in [-0.2, 0) is 6.54 Å². The van der Waals surface area contributed by atoms with Crippen LogP contribution in [0.3, 0.4) is 0 Å². The fourth-order valence-electron chi connectivity index (χ4n) is 2.89. The molecule has 0 bridgehead atoms. The quantitative estimate of drug-likeness (QED) is 0.395. The van der Waals surface area contributed by atoms with Gasteiger partial charge in [0.1, 0.15) is 10.4 Å². The molecule has 0 spiro atoms. The summed E-state index contributed by atoms with van der Waals surface area (Å²) in [4.78, 5) is 26.5. The van der Waals surface area contributed by atoms with Gasteiger partial charge in [0.25, 0.3) is 5.91 Å². The van der Waals surface area contributed by atoms with E-state index < -0.39 is 16.7 Å². The van der Waals surface area contributed by atoms with Gasteiger partial charge in [-0.05, 0) is 60.9 Å². The number of aryl methyl sites for hydroxylation is 2. The van der Waals surface area contributed by atoms with Crippen LogP contribution in [0.15, 0.2) is 57.4 Å². The van der Waals surface area contributed by atoms with E-state index in [1.54, 1.807) is 0 Å². The van der Waals surface area contributed by atoms with Crippen LogP contribution in [0.5, 0.6) is 0 Å². The molecule has 29 heavy (non-hydrogen) atoms. The number of carbonyl (C=O) groups is 1. The molecular weight excluding hydrogens is 374 g/mol. The van der Waals surface area contributed by atoms with Gasteiger partial charge in [0.05, 0.1) is 6.07 Å². The monoisotopic (exact) mass is 391 g/mol. The van der Waals surface area contributed by atoms with Crippen LogP contribution < -0.4 is 5.32 Å². The number of carbonyl (C=O) groups excluding carboxylic acids is 1. The molecule has 4 aromatic rings. The minimum atomic E-state index is -0.690. The average Bonchev–Trinajstić information content (AvgIpc) is 3.34. The molecule has 0 saturated carbocycles. The Balaban J connectivity index is 1.45. The van der Waals surface area contributed by atoms with Gasteiger partial charge in [0.15, 0.2) is 11.3 Å². The van der Waals surface area contributed by atoms with Crippen molar-refractivity contribution in [1.29, 1.82) is 0 Å². The molecule has 1 N–H and O–H groups in total. The van der Waals surface area contributed by atoms with Gasteiger partial charge in [0.2, 0.25) is 5.89 Å². The Bertz CT molecular complexity index is 1180. The summed E-state index contributed by atoms with van der Waals surface area (Å²) in [6, 6.07) is 13.8. The third-order valence-corrected chi connectivity index (χ3v) is 4.65. The van der Waals surface area contributed by atoms with E-state index in [2.05, 4.69) is 10.3 Å². The van der Waals surface area contributed by atoms with E-state index in [9.17, 15) is 14.9 Å². The Labute approximate surface area is 165 Å². The first-order chi connectivity index (χ1) is 13.9. The Hall–Kier alpha value is -3.94. The number of oxazole rings is 1. The van der Waals surface area contributed by atoms with E-state index >= 15 is 0 Å². The Morgan fingerprint density at radius 3 is 2.48 bits per heavy atom. The molecule has 8 nitrogen and oxygen atoms in total. The first kappa shape index (κ1) is 18.4. The van der Waals surface area contributed by atoms with Crippen molar-refractivity contribution in [2.75, 3.05) is 0 Å². The Morgan fingerprint density at radius 2 is 1.79 bits per heavy atom. The number of nitrogens with one attached hydrogen (secondary N) is 1. The maximum absolute atomic E-state index is 12.0. The van der Waals surface area contributed by atoms with E-state index in [-0.39, 0.29) is 12.3 Å². The highest BCUT2D eigenvalue weighted by Gasteiger charge is 2.17. The van der Waals surface area contributed by atoms with Crippen LogP contribution in [0.4, 0.5) is 5.88 Å². The van der Waals surface area contributed by atoms with E-state index in [0.717, 1.165) is 39.4 Å². The summed E-state index contributed by atoms with van der Waals surface area (Å²) in [5, 5.41) is 13.3. The number of fused-ring (bicyclic) bond motifs is 1. The highest BCUT2D eigenvalue weighted by molar-refractivity contribution is 5.91. The lowest BCUT2D eigenvalue weighted by atomic mass is 10.1. The molecule has 2 heterocycles. The van der Waals surface area contributed by atoms with Gasteiger partial charge in [-0.3, -0.25) is 14.9 Å². The van der Waals surface area contributed by atoms with Crippen molar-refractivity contribution in [2.45, 2.75) is 20.4 Å². The maximum atomic E-state index is 12.0. The van der Waals surface area contributed by atoms with Gasteiger partial charge >= 0.3 is 5.88 Å². The molecule has 8 heteroatoms. The molecule has 0 aliphatic rings. The number of benzene rings is 2. The number of amides is 1. The predicted octanol–water partition coefficient (Wildman–Crippen LogP) is 4.54. The molecule has 146 valence electrons. The SMILES string of the molecule is Cc1cc2nc(-c3ccc(CNC(=O)c4ccc([N+](=O)[O-])o4)cc3)oc2cc1C. The molecule has 2 aromatic heterocycles. The third kappa shape index (κ3) is 3.73. The number of hydrogen-bond acceptors (Lipinski definition) is 6. The zero-order valence-electron chi connectivity index (χ0n) is 15.8. The van der Waals surface area contributed by atoms with Crippen LogP contribution in [0.25, 0.3) is 22.6 Å². The molecule has 0 aliphatic carbocycles. The smallest absolute Gasteiger partial charge is 0.433 e. The number of rotatable bonds is 5. The third-order valence-electron chi connectivity index (χ3n) is 4.65. The van der Waals surface area contributed by atoms with Gasteiger partial charge in [-0.2, -0.15) is 0 Å². The fraction of sp³-hybridized carbons (Fsp3) is 0.143. The molecule has 2 aromatic carbocycles. The second-order valence-electron chi connectivity index (χ2n) is 6.70. The topological polar surface area (TPSA) is 111 Å². The normalized spacial score (nSPS) is 11.0. The van der Waals surface area contributed by atoms with Gasteiger partial charge in [-0.25, -0.2) is 4.98 Å². The summed E-state index contributed by atoms with van der Waals surface area (Å²) in [5.74, 6) is -0.566. The van der Waals surface area contributed by atoms with E-state index in [4.69, 9.17) is 8.83 Å². The second kappa shape index (κ2) is 7.23. The molecule has 0 aliphatic heterocycles. The predicted molar refractivity (Wildman–Crippen MR) is 105 cm³/mol. The van der Waals surface area contributed by atoms with Crippen molar-refractivity contribution in [1.82, 2.24) is 10.3 Å². The summed E-state index contributed by atoms with van der Waals surface area (Å²) in [5.41, 5.74) is 5.54. The largest absolute Gasteiger partial charge is 0.436 e. The summed E-state index contributed by atoms with van der Waals surface area (Å²) in [7, 11) is 0. The minimum absolute atomic E-state index is 0.106. The highest BCUT2D eigenvalue weighted by atomic mass is 16.6. The zero-order valence-corrected chi connectivity index (χ0v) is 15.8. The molecular formula is C21H17N3O5. The number of nitrogens with zero attached hydrogens (tertiary/aromatic N) is 2. The highest BCUT2D eigenvalue weighted by Crippen LogP contribution is 2.26. The fourth-order valence-corrected chi connectivity index (χ4v) is 2.89. The second-order valence-corrected chi connectivity index (χ2v) is 6.70. The summed E-state index contributed by atoms with van der Waals surface area (Å²) >= 11 is 0. The van der Waals surface area contributed by atoms with Gasteiger partial charge in [-0.1, -0.05) is 12.1 Å². The summed E-state index contributed by atoms with van der Waals surface area (Å²) in [6.07, 6.45) is 0. The molecule has 1 amide bonds. The number of aromatic nitrogens is 1. The number of hydrogen-bond donors (Lipinski definition) is 1. The van der Waals surface area contributed by atoms with Crippen LogP contribution in [0.2, 0.25) is 0 Å². The molecule has 0 saturated heterocycles. The van der Waals surface area contributed by atoms with Crippen molar-refractivity contribution in [3.8, 4) is 11.5 Å². The minimum Gasteiger partial charge on any atom is -0.436 e. The lowest BCUT2D eigenvalue weighted by Crippen LogP contribution is -2.22. The van der Waals surface area contributed by atoms with Gasteiger partial charge < -0.3 is 14.2 Å². The van der Waals surface area contributed by atoms with Crippen molar-refractivity contribution < 1.29 is 18.6 Å². The van der Waals surface area contributed by atoms with Crippen molar-refractivity contribution in [3.05, 3.63) is 81.1 Å². The maximum Gasteiger partial charge on any atom is 0.433 e. The van der Waals surface area contributed by atoms with Crippen LogP contribution in [0, 0.1) is 24.0 Å². The average molecular weight is 391 g/mol. The first-order valence-corrected chi connectivity index (χ1v) is 8.90. The molecule has 4 rings (SSSR count). The lowest BCUT2D eigenvalue weighted by Gasteiger charge is -2.04. The summed E-state index contributed by atoms with van der Waals surface area (Å²) in [6.45, 7) is 4.31. The first-order valence-electron chi connectivity index (χ1n) is 8.90. The molecule has 0 fully saturated rings. The lowest BCUT2D eigenvalue weighted by molar-refractivity contribution is -0.402. The van der Waals surface area contributed by atoms with E-state index in [0.29, 0.717) is 5.89 Å². The van der Waals surface area contributed by atoms with Crippen molar-refractivity contribution >= 4 is 22.9 Å². The number of furan rings is 1. The van der Waals surface area contributed by atoms with Crippen LogP contribution >= 0.6 is 0 Å². The van der Waals surface area contributed by atoms with E-state index in [1.165, 1.54) is 6.07 Å². The Morgan fingerprint density at radius 1 is 1.07 bits per heavy atom. The van der Waals surface area contributed by atoms with Crippen molar-refractivity contribution in [3.63, 3.8) is 0 Å². The molecule has 0 radical (unpaired) electrons. The van der Waals surface area contributed by atoms with Gasteiger partial charge in [-0.15, -0.1) is 0 Å². The molecule has 0 unspecified atom stereocenters.